The van der Waals surface area contributed by atoms with E-state index in [-0.39, 0.29) is 18.6 Å². The molecule has 2 heterocycles. The van der Waals surface area contributed by atoms with Crippen LogP contribution in [0.2, 0.25) is 5.02 Å². The number of benzene rings is 2. The van der Waals surface area contributed by atoms with Crippen LogP contribution in [0, 0.1) is 6.92 Å². The number of hydrogen-bond acceptors (Lipinski definition) is 4. The normalized spacial score (nSPS) is 23.2. The number of anilines is 1. The number of halogens is 1. The molecular weight excluding hydrogens is 398 g/mol. The molecule has 2 bridgehead atoms. The van der Waals surface area contributed by atoms with Crippen LogP contribution in [0.4, 0.5) is 5.69 Å². The lowest BCUT2D eigenvalue weighted by Crippen LogP contribution is -2.50. The van der Waals surface area contributed by atoms with Crippen LogP contribution in [-0.2, 0) is 11.3 Å². The zero-order chi connectivity index (χ0) is 21.1. The van der Waals surface area contributed by atoms with E-state index in [1.165, 1.54) is 18.4 Å². The minimum Gasteiger partial charge on any atom is -0.482 e. The van der Waals surface area contributed by atoms with Crippen molar-refractivity contribution in [1.29, 1.82) is 0 Å². The summed E-state index contributed by atoms with van der Waals surface area (Å²) in [6.45, 7) is 3.03. The van der Waals surface area contributed by atoms with Crippen LogP contribution in [0.25, 0.3) is 0 Å². The van der Waals surface area contributed by atoms with Gasteiger partial charge in [0.15, 0.2) is 6.61 Å². The third-order valence-electron chi connectivity index (χ3n) is 6.29. The maximum absolute atomic E-state index is 12.5. The number of hydrogen-bond donors (Lipinski definition) is 2. The van der Waals surface area contributed by atoms with Crippen LogP contribution in [-0.4, -0.2) is 42.6 Å². The Morgan fingerprint density at radius 2 is 1.83 bits per heavy atom. The van der Waals surface area contributed by atoms with E-state index in [9.17, 15) is 4.79 Å². The Hall–Kier alpha value is -2.24. The molecule has 30 heavy (non-hydrogen) atoms. The number of amides is 1. The predicted octanol–water partition coefficient (Wildman–Crippen LogP) is 4.38. The van der Waals surface area contributed by atoms with Crippen LogP contribution in [0.1, 0.15) is 36.8 Å². The minimum absolute atomic E-state index is 0.0397. The molecule has 2 aromatic rings. The van der Waals surface area contributed by atoms with Crippen LogP contribution in [0.5, 0.6) is 5.75 Å². The summed E-state index contributed by atoms with van der Waals surface area (Å²) in [5, 5.41) is 7.10. The molecule has 2 fully saturated rings. The summed E-state index contributed by atoms with van der Waals surface area (Å²) in [7, 11) is 1.86. The van der Waals surface area contributed by atoms with Gasteiger partial charge in [-0.1, -0.05) is 29.8 Å². The smallest absolute Gasteiger partial charge is 0.258 e. The lowest BCUT2D eigenvalue weighted by Gasteiger charge is -2.39. The maximum Gasteiger partial charge on any atom is 0.258 e. The van der Waals surface area contributed by atoms with Crippen molar-refractivity contribution in [3.63, 3.8) is 0 Å². The number of fused-ring (bicyclic) bond motifs is 2. The van der Waals surface area contributed by atoms with Crippen molar-refractivity contribution in [3.8, 4) is 5.75 Å². The van der Waals surface area contributed by atoms with E-state index < -0.39 is 0 Å². The largest absolute Gasteiger partial charge is 0.482 e. The van der Waals surface area contributed by atoms with Gasteiger partial charge in [0.05, 0.1) is 5.69 Å². The number of rotatable bonds is 7. The van der Waals surface area contributed by atoms with Gasteiger partial charge in [-0.15, -0.1) is 0 Å². The van der Waals surface area contributed by atoms with Crippen molar-refractivity contribution in [2.75, 3.05) is 19.0 Å². The average Bonchev–Trinajstić information content (AvgIpc) is 2.96. The van der Waals surface area contributed by atoms with E-state index >= 15 is 0 Å². The maximum atomic E-state index is 12.5. The number of aryl methyl sites for hydroxylation is 1. The fourth-order valence-corrected chi connectivity index (χ4v) is 4.95. The molecule has 1 amide bonds. The van der Waals surface area contributed by atoms with Crippen molar-refractivity contribution in [2.45, 2.75) is 57.3 Å². The molecule has 0 aromatic heterocycles. The first-order chi connectivity index (χ1) is 14.5. The number of carbonyl (C=O) groups excluding carboxylic acids is 1. The van der Waals surface area contributed by atoms with Gasteiger partial charge >= 0.3 is 0 Å². The van der Waals surface area contributed by atoms with Gasteiger partial charge in [-0.25, -0.2) is 0 Å². The molecule has 160 valence electrons. The van der Waals surface area contributed by atoms with Crippen molar-refractivity contribution >= 4 is 23.2 Å². The molecular formula is C24H30ClN3O2. The van der Waals surface area contributed by atoms with E-state index in [0.717, 1.165) is 35.7 Å². The van der Waals surface area contributed by atoms with E-state index in [1.807, 2.05) is 44.3 Å². The third kappa shape index (κ3) is 4.90. The SMILES string of the molecule is CNc1cc(C)ccc1OCC(=O)N[C@H]1C[C@H]2CC[C@@H](C1)N2Cc1ccc(Cl)cc1. The summed E-state index contributed by atoms with van der Waals surface area (Å²) in [5.41, 5.74) is 3.35. The molecule has 4 rings (SSSR count). The molecule has 2 N–H and O–H groups in total. The molecule has 2 aromatic carbocycles. The highest BCUT2D eigenvalue weighted by atomic mass is 35.5. The van der Waals surface area contributed by atoms with Crippen LogP contribution in [0.3, 0.4) is 0 Å². The van der Waals surface area contributed by atoms with Gasteiger partial charge < -0.3 is 15.4 Å². The second kappa shape index (κ2) is 9.27. The number of piperidine rings is 1. The second-order valence-electron chi connectivity index (χ2n) is 8.46. The van der Waals surface area contributed by atoms with Crippen molar-refractivity contribution in [2.24, 2.45) is 0 Å². The van der Waals surface area contributed by atoms with E-state index in [2.05, 4.69) is 27.7 Å². The Morgan fingerprint density at radius 1 is 1.13 bits per heavy atom. The Balaban J connectivity index is 1.28. The van der Waals surface area contributed by atoms with E-state index in [0.29, 0.717) is 17.8 Å². The topological polar surface area (TPSA) is 53.6 Å². The first-order valence-electron chi connectivity index (χ1n) is 10.7. The third-order valence-corrected chi connectivity index (χ3v) is 6.54. The van der Waals surface area contributed by atoms with Gasteiger partial charge in [-0.05, 0) is 68.0 Å². The summed E-state index contributed by atoms with van der Waals surface area (Å²) in [6.07, 6.45) is 4.41. The quantitative estimate of drug-likeness (QED) is 0.688. The lowest BCUT2D eigenvalue weighted by atomic mass is 9.96. The number of ether oxygens (including phenoxy) is 1. The number of nitrogens with one attached hydrogen (secondary N) is 2. The molecule has 0 radical (unpaired) electrons. The van der Waals surface area contributed by atoms with Gasteiger partial charge in [0, 0.05) is 36.7 Å². The lowest BCUT2D eigenvalue weighted by molar-refractivity contribution is -0.124. The predicted molar refractivity (Wildman–Crippen MR) is 121 cm³/mol. The van der Waals surface area contributed by atoms with Crippen molar-refractivity contribution in [1.82, 2.24) is 10.2 Å². The van der Waals surface area contributed by atoms with Crippen LogP contribution >= 0.6 is 11.6 Å². The molecule has 2 aliphatic heterocycles. The summed E-state index contributed by atoms with van der Waals surface area (Å²) in [4.78, 5) is 15.1. The first kappa shape index (κ1) is 21.0. The molecule has 2 saturated heterocycles. The minimum atomic E-state index is -0.0480. The highest BCUT2D eigenvalue weighted by Crippen LogP contribution is 2.37. The Labute approximate surface area is 183 Å². The molecule has 6 heteroatoms. The molecule has 0 saturated carbocycles. The van der Waals surface area contributed by atoms with Gasteiger partial charge in [0.1, 0.15) is 5.75 Å². The zero-order valence-electron chi connectivity index (χ0n) is 17.7. The molecule has 2 aliphatic rings. The highest BCUT2D eigenvalue weighted by molar-refractivity contribution is 6.30. The van der Waals surface area contributed by atoms with Gasteiger partial charge in [-0.3, -0.25) is 9.69 Å². The van der Waals surface area contributed by atoms with Crippen LogP contribution < -0.4 is 15.4 Å². The molecule has 0 spiro atoms. The Bertz CT molecular complexity index is 873. The standard InChI is InChI=1S/C24H30ClN3O2/c1-16-3-10-23(22(11-16)26-2)30-15-24(29)27-19-12-20-8-9-21(13-19)28(20)14-17-4-6-18(25)7-5-17/h3-7,10-11,19-21,26H,8-9,12-15H2,1-2H3,(H,27,29)/t19-,20+,21-. The van der Waals surface area contributed by atoms with Crippen molar-refractivity contribution < 1.29 is 9.53 Å². The summed E-state index contributed by atoms with van der Waals surface area (Å²) in [5.74, 6) is 0.657. The van der Waals surface area contributed by atoms with E-state index in [1.54, 1.807) is 0 Å². The zero-order valence-corrected chi connectivity index (χ0v) is 18.4. The molecule has 5 nitrogen and oxygen atoms in total. The molecule has 3 atom stereocenters. The fourth-order valence-electron chi connectivity index (χ4n) is 4.83. The van der Waals surface area contributed by atoms with E-state index in [4.69, 9.17) is 16.3 Å². The van der Waals surface area contributed by atoms with Gasteiger partial charge in [0.2, 0.25) is 0 Å². The summed E-state index contributed by atoms with van der Waals surface area (Å²) in [6, 6.07) is 15.3. The van der Waals surface area contributed by atoms with Gasteiger partial charge in [-0.2, -0.15) is 0 Å². The monoisotopic (exact) mass is 427 g/mol. The Kier molecular flexibility index (Phi) is 6.49. The summed E-state index contributed by atoms with van der Waals surface area (Å²) < 4.78 is 5.77. The first-order valence-corrected chi connectivity index (χ1v) is 11.1. The second-order valence-corrected chi connectivity index (χ2v) is 8.89. The fraction of sp³-hybridized carbons (Fsp3) is 0.458. The van der Waals surface area contributed by atoms with Gasteiger partial charge in [0.25, 0.3) is 5.91 Å². The molecule has 0 aliphatic carbocycles. The summed E-state index contributed by atoms with van der Waals surface area (Å²) >= 11 is 6.01. The van der Waals surface area contributed by atoms with Crippen LogP contribution in [0.15, 0.2) is 42.5 Å². The van der Waals surface area contributed by atoms with Crippen molar-refractivity contribution in [3.05, 3.63) is 58.6 Å². The number of nitrogens with zero attached hydrogens (tertiary/aromatic N) is 1. The highest BCUT2D eigenvalue weighted by Gasteiger charge is 2.40. The Morgan fingerprint density at radius 3 is 2.50 bits per heavy atom. The number of carbonyl (C=O) groups is 1. The molecule has 0 unspecified atom stereocenters. The average molecular weight is 428 g/mol.